The fraction of sp³-hybridized carbons (Fsp3) is 0.450. The van der Waals surface area contributed by atoms with Crippen LogP contribution in [0.1, 0.15) is 32.0 Å². The number of methoxy groups -OCH3 is 2. The summed E-state index contributed by atoms with van der Waals surface area (Å²) in [5, 5.41) is 0.418. The molecule has 1 atom stereocenters. The molecule has 0 spiro atoms. The number of nitrogens with zero attached hydrogens (tertiary/aromatic N) is 2. The number of carbonyl (C=O) groups excluding carboxylic acids is 1. The number of aromatic nitrogens is 2. The Morgan fingerprint density at radius 3 is 2.67 bits per heavy atom. The lowest BCUT2D eigenvalue weighted by atomic mass is 10.0. The molecule has 7 nitrogen and oxygen atoms in total. The van der Waals surface area contributed by atoms with Crippen LogP contribution in [0.2, 0.25) is 0 Å². The lowest BCUT2D eigenvalue weighted by Gasteiger charge is -2.22. The lowest BCUT2D eigenvalue weighted by Crippen LogP contribution is -2.32. The highest BCUT2D eigenvalue weighted by Crippen LogP contribution is 2.30. The maximum absolute atomic E-state index is 12.6. The molecule has 0 saturated carbocycles. The summed E-state index contributed by atoms with van der Waals surface area (Å²) in [4.78, 5) is 34.1. The zero-order valence-corrected chi connectivity index (χ0v) is 15.9. The van der Waals surface area contributed by atoms with Gasteiger partial charge in [-0.25, -0.2) is 4.98 Å². The predicted molar refractivity (Wildman–Crippen MR) is 103 cm³/mol. The number of allylic oxidation sites excluding steroid dienone is 2. The van der Waals surface area contributed by atoms with E-state index in [0.29, 0.717) is 47.1 Å². The molecule has 0 fully saturated rings. The van der Waals surface area contributed by atoms with E-state index in [0.717, 1.165) is 12.8 Å². The van der Waals surface area contributed by atoms with Gasteiger partial charge in [0.05, 0.1) is 31.7 Å². The second-order valence-corrected chi connectivity index (χ2v) is 6.61. The van der Waals surface area contributed by atoms with Crippen molar-refractivity contribution in [1.29, 1.82) is 0 Å². The molecule has 1 N–H and O–H groups in total. The largest absolute Gasteiger partial charge is 0.493 e. The smallest absolute Gasteiger partial charge is 0.258 e. The number of amides is 1. The predicted octanol–water partition coefficient (Wildman–Crippen LogP) is 2.65. The van der Waals surface area contributed by atoms with E-state index in [-0.39, 0.29) is 18.0 Å². The molecule has 0 saturated heterocycles. The van der Waals surface area contributed by atoms with Gasteiger partial charge in [-0.2, -0.15) is 0 Å². The Balaban J connectivity index is 1.85. The number of carbonyl (C=O) groups is 1. The van der Waals surface area contributed by atoms with Gasteiger partial charge < -0.3 is 19.4 Å². The van der Waals surface area contributed by atoms with E-state index in [1.165, 1.54) is 14.2 Å². The fourth-order valence-electron chi connectivity index (χ4n) is 3.37. The summed E-state index contributed by atoms with van der Waals surface area (Å²) in [5.41, 5.74) is 0.242. The van der Waals surface area contributed by atoms with E-state index >= 15 is 0 Å². The van der Waals surface area contributed by atoms with Crippen LogP contribution in [0.3, 0.4) is 0 Å². The molecule has 1 aromatic heterocycles. The number of benzene rings is 1. The van der Waals surface area contributed by atoms with Gasteiger partial charge in [0.25, 0.3) is 5.56 Å². The highest BCUT2D eigenvalue weighted by atomic mass is 16.5. The van der Waals surface area contributed by atoms with Crippen LogP contribution in [-0.2, 0) is 11.3 Å². The van der Waals surface area contributed by atoms with Gasteiger partial charge in [0.15, 0.2) is 11.5 Å². The standard InChI is InChI=1S/C20H25N3O4/c1-4-23(19(24)9-13-7-5-6-8-13)12-18-21-15-11-17(27-3)16(26-2)10-14(15)20(25)22-18/h5,7,10-11,13H,4,6,8-9,12H2,1-3H3,(H,21,22,25)/t13-/m0/s1. The first-order valence-electron chi connectivity index (χ1n) is 9.15. The molecule has 3 rings (SSSR count). The molecular formula is C20H25N3O4. The normalized spacial score (nSPS) is 15.9. The Labute approximate surface area is 158 Å². The van der Waals surface area contributed by atoms with Crippen molar-refractivity contribution in [3.63, 3.8) is 0 Å². The van der Waals surface area contributed by atoms with Crippen molar-refractivity contribution in [1.82, 2.24) is 14.9 Å². The zero-order chi connectivity index (χ0) is 19.4. The number of fused-ring (bicyclic) bond motifs is 1. The van der Waals surface area contributed by atoms with E-state index in [4.69, 9.17) is 9.47 Å². The third kappa shape index (κ3) is 4.13. The van der Waals surface area contributed by atoms with E-state index < -0.39 is 0 Å². The minimum Gasteiger partial charge on any atom is -0.493 e. The molecule has 7 heteroatoms. The summed E-state index contributed by atoms with van der Waals surface area (Å²) in [6.07, 6.45) is 6.79. The Kier molecular flexibility index (Phi) is 5.78. The minimum atomic E-state index is -0.266. The minimum absolute atomic E-state index is 0.0732. The van der Waals surface area contributed by atoms with E-state index in [1.54, 1.807) is 17.0 Å². The zero-order valence-electron chi connectivity index (χ0n) is 15.9. The van der Waals surface area contributed by atoms with Crippen molar-refractivity contribution in [2.24, 2.45) is 5.92 Å². The molecule has 0 radical (unpaired) electrons. The fourth-order valence-corrected chi connectivity index (χ4v) is 3.37. The van der Waals surface area contributed by atoms with Crippen molar-refractivity contribution in [3.05, 3.63) is 40.5 Å². The summed E-state index contributed by atoms with van der Waals surface area (Å²) in [6, 6.07) is 3.29. The van der Waals surface area contributed by atoms with Crippen LogP contribution in [0.15, 0.2) is 29.1 Å². The maximum atomic E-state index is 12.6. The van der Waals surface area contributed by atoms with Crippen LogP contribution in [0.4, 0.5) is 0 Å². The number of hydrogen-bond donors (Lipinski definition) is 1. The monoisotopic (exact) mass is 371 g/mol. The van der Waals surface area contributed by atoms with Crippen LogP contribution in [-0.4, -0.2) is 41.5 Å². The Bertz CT molecular complexity index is 919. The quantitative estimate of drug-likeness (QED) is 0.757. The molecule has 27 heavy (non-hydrogen) atoms. The molecular weight excluding hydrogens is 346 g/mol. The molecule has 2 aromatic rings. The van der Waals surface area contributed by atoms with Gasteiger partial charge in [-0.15, -0.1) is 0 Å². The molecule has 0 aliphatic heterocycles. The van der Waals surface area contributed by atoms with E-state index in [1.807, 2.05) is 6.92 Å². The second-order valence-electron chi connectivity index (χ2n) is 6.61. The molecule has 1 heterocycles. The van der Waals surface area contributed by atoms with Gasteiger partial charge in [-0.3, -0.25) is 9.59 Å². The molecule has 1 aliphatic carbocycles. The number of nitrogens with one attached hydrogen (secondary N) is 1. The van der Waals surface area contributed by atoms with Gasteiger partial charge in [-0.05, 0) is 31.7 Å². The van der Waals surface area contributed by atoms with Crippen molar-refractivity contribution < 1.29 is 14.3 Å². The number of rotatable bonds is 7. The number of aromatic amines is 1. The first kappa shape index (κ1) is 18.9. The topological polar surface area (TPSA) is 84.5 Å². The summed E-state index contributed by atoms with van der Waals surface area (Å²) in [7, 11) is 3.05. The molecule has 144 valence electrons. The number of H-pyrrole nitrogens is 1. The van der Waals surface area contributed by atoms with Crippen molar-refractivity contribution in [2.75, 3.05) is 20.8 Å². The average Bonchev–Trinajstić information content (AvgIpc) is 3.18. The number of hydrogen-bond acceptors (Lipinski definition) is 5. The summed E-state index contributed by atoms with van der Waals surface area (Å²) < 4.78 is 10.5. The van der Waals surface area contributed by atoms with Crippen LogP contribution >= 0.6 is 0 Å². The Hall–Kier alpha value is -2.83. The summed E-state index contributed by atoms with van der Waals surface area (Å²) in [6.45, 7) is 2.75. The van der Waals surface area contributed by atoms with Gasteiger partial charge in [0.1, 0.15) is 5.82 Å². The first-order valence-corrected chi connectivity index (χ1v) is 9.15. The van der Waals surface area contributed by atoms with Crippen LogP contribution < -0.4 is 15.0 Å². The molecule has 1 amide bonds. The van der Waals surface area contributed by atoms with Crippen LogP contribution in [0, 0.1) is 5.92 Å². The lowest BCUT2D eigenvalue weighted by molar-refractivity contribution is -0.132. The van der Waals surface area contributed by atoms with E-state index in [9.17, 15) is 9.59 Å². The first-order chi connectivity index (χ1) is 13.0. The van der Waals surface area contributed by atoms with Crippen LogP contribution in [0.5, 0.6) is 11.5 Å². The number of ether oxygens (including phenoxy) is 2. The molecule has 1 aromatic carbocycles. The highest BCUT2D eigenvalue weighted by Gasteiger charge is 2.20. The third-order valence-electron chi connectivity index (χ3n) is 4.88. The van der Waals surface area contributed by atoms with Crippen molar-refractivity contribution >= 4 is 16.8 Å². The van der Waals surface area contributed by atoms with Gasteiger partial charge in [0.2, 0.25) is 5.91 Å². The van der Waals surface area contributed by atoms with Crippen molar-refractivity contribution in [2.45, 2.75) is 32.7 Å². The third-order valence-corrected chi connectivity index (χ3v) is 4.88. The van der Waals surface area contributed by atoms with Crippen molar-refractivity contribution in [3.8, 4) is 11.5 Å². The SMILES string of the molecule is CCN(Cc1nc2cc(OC)c(OC)cc2c(=O)[nH]1)C(=O)C[C@H]1C=CCC1. The Morgan fingerprint density at radius 1 is 1.30 bits per heavy atom. The highest BCUT2D eigenvalue weighted by molar-refractivity contribution is 5.82. The van der Waals surface area contributed by atoms with Gasteiger partial charge in [0, 0.05) is 19.0 Å². The van der Waals surface area contributed by atoms with Crippen LogP contribution in [0.25, 0.3) is 10.9 Å². The molecule has 0 unspecified atom stereocenters. The van der Waals surface area contributed by atoms with Gasteiger partial charge >= 0.3 is 0 Å². The molecule has 0 bridgehead atoms. The summed E-state index contributed by atoms with van der Waals surface area (Å²) in [5.74, 6) is 1.82. The Morgan fingerprint density at radius 2 is 2.04 bits per heavy atom. The van der Waals surface area contributed by atoms with E-state index in [2.05, 4.69) is 22.1 Å². The van der Waals surface area contributed by atoms with Gasteiger partial charge in [-0.1, -0.05) is 12.2 Å². The average molecular weight is 371 g/mol. The maximum Gasteiger partial charge on any atom is 0.258 e. The second kappa shape index (κ2) is 8.24. The summed E-state index contributed by atoms with van der Waals surface area (Å²) >= 11 is 0. The molecule has 1 aliphatic rings.